The minimum Gasteiger partial charge on any atom is -0.444 e. The van der Waals surface area contributed by atoms with Gasteiger partial charge < -0.3 is 14.5 Å². The second-order valence-corrected chi connectivity index (χ2v) is 7.55. The van der Waals surface area contributed by atoms with Gasteiger partial charge in [0.25, 0.3) is 5.22 Å². The van der Waals surface area contributed by atoms with Gasteiger partial charge in [-0.05, 0) is 45.4 Å². The Kier molecular flexibility index (Phi) is 6.12. The molecule has 130 valence electrons. The summed E-state index contributed by atoms with van der Waals surface area (Å²) in [6.07, 6.45) is -0.524. The quantitative estimate of drug-likeness (QED) is 0.776. The van der Waals surface area contributed by atoms with Crippen LogP contribution in [0.25, 0.3) is 0 Å². The summed E-state index contributed by atoms with van der Waals surface area (Å²) >= 11 is 7.28. The van der Waals surface area contributed by atoms with Gasteiger partial charge in [0.2, 0.25) is 5.89 Å². The smallest absolute Gasteiger partial charge is 0.408 e. The SMILES string of the molecule is CC(NC(=O)OC(C)(C)C)c1nnc(SCc2ccc(Cl)cc2)o1. The first-order chi connectivity index (χ1) is 11.2. The minimum absolute atomic E-state index is 0.333. The van der Waals surface area contributed by atoms with E-state index in [2.05, 4.69) is 15.5 Å². The van der Waals surface area contributed by atoms with Crippen LogP contribution in [-0.4, -0.2) is 21.9 Å². The lowest BCUT2D eigenvalue weighted by Gasteiger charge is -2.20. The summed E-state index contributed by atoms with van der Waals surface area (Å²) in [6.45, 7) is 7.16. The maximum absolute atomic E-state index is 11.7. The van der Waals surface area contributed by atoms with E-state index in [1.807, 2.05) is 24.3 Å². The molecule has 0 aliphatic heterocycles. The monoisotopic (exact) mass is 369 g/mol. The van der Waals surface area contributed by atoms with Gasteiger partial charge in [0, 0.05) is 10.8 Å². The largest absolute Gasteiger partial charge is 0.444 e. The number of thioether (sulfide) groups is 1. The zero-order chi connectivity index (χ0) is 17.7. The van der Waals surface area contributed by atoms with Gasteiger partial charge in [-0.15, -0.1) is 10.2 Å². The molecular weight excluding hydrogens is 350 g/mol. The zero-order valence-corrected chi connectivity index (χ0v) is 15.6. The highest BCUT2D eigenvalue weighted by molar-refractivity contribution is 7.98. The highest BCUT2D eigenvalue weighted by Crippen LogP contribution is 2.24. The third kappa shape index (κ3) is 6.05. The number of nitrogens with zero attached hydrogens (tertiary/aromatic N) is 2. The number of carbonyl (C=O) groups is 1. The van der Waals surface area contributed by atoms with Crippen molar-refractivity contribution in [1.29, 1.82) is 0 Å². The van der Waals surface area contributed by atoms with Gasteiger partial charge in [-0.3, -0.25) is 0 Å². The summed E-state index contributed by atoms with van der Waals surface area (Å²) < 4.78 is 10.8. The van der Waals surface area contributed by atoms with Gasteiger partial charge in [0.05, 0.1) is 0 Å². The fourth-order valence-corrected chi connectivity index (χ4v) is 2.58. The van der Waals surface area contributed by atoms with Gasteiger partial charge in [-0.2, -0.15) is 0 Å². The number of amides is 1. The molecular formula is C16H20ClN3O3S. The Morgan fingerprint density at radius 2 is 2.00 bits per heavy atom. The maximum atomic E-state index is 11.7. The molecule has 1 aromatic carbocycles. The van der Waals surface area contributed by atoms with Crippen molar-refractivity contribution >= 4 is 29.5 Å². The molecule has 0 saturated heterocycles. The third-order valence-electron chi connectivity index (χ3n) is 2.80. The molecule has 1 heterocycles. The van der Waals surface area contributed by atoms with Gasteiger partial charge in [0.1, 0.15) is 11.6 Å². The fourth-order valence-electron chi connectivity index (χ4n) is 1.73. The predicted molar refractivity (Wildman–Crippen MR) is 93.1 cm³/mol. The lowest BCUT2D eigenvalue weighted by atomic mass is 10.2. The third-order valence-corrected chi connectivity index (χ3v) is 3.94. The molecule has 0 radical (unpaired) electrons. The normalized spacial score (nSPS) is 12.7. The van der Waals surface area contributed by atoms with Crippen molar-refractivity contribution in [2.45, 2.75) is 50.3 Å². The predicted octanol–water partition coefficient (Wildman–Crippen LogP) is 4.60. The van der Waals surface area contributed by atoms with Crippen LogP contribution in [0.2, 0.25) is 5.02 Å². The van der Waals surface area contributed by atoms with Crippen LogP contribution in [0.4, 0.5) is 4.79 Å². The molecule has 2 aromatic rings. The van der Waals surface area contributed by atoms with Crippen LogP contribution in [0.15, 0.2) is 33.9 Å². The summed E-state index contributed by atoms with van der Waals surface area (Å²) in [5, 5.41) is 11.8. The van der Waals surface area contributed by atoms with Crippen molar-refractivity contribution in [3.05, 3.63) is 40.7 Å². The number of nitrogens with one attached hydrogen (secondary N) is 1. The fraction of sp³-hybridized carbons (Fsp3) is 0.438. The Labute approximate surface area is 150 Å². The summed E-state index contributed by atoms with van der Waals surface area (Å²) in [5.74, 6) is 1.02. The summed E-state index contributed by atoms with van der Waals surface area (Å²) in [6, 6.07) is 7.13. The molecule has 0 spiro atoms. The van der Waals surface area contributed by atoms with E-state index in [4.69, 9.17) is 20.8 Å². The van der Waals surface area contributed by atoms with E-state index in [1.54, 1.807) is 27.7 Å². The van der Waals surface area contributed by atoms with Crippen molar-refractivity contribution in [2.75, 3.05) is 0 Å². The van der Waals surface area contributed by atoms with Crippen LogP contribution in [0, 0.1) is 0 Å². The standard InChI is InChI=1S/C16H20ClN3O3S/c1-10(18-14(21)23-16(2,3)4)13-19-20-15(22-13)24-9-11-5-7-12(17)8-6-11/h5-8,10H,9H2,1-4H3,(H,18,21). The Morgan fingerprint density at radius 1 is 1.33 bits per heavy atom. The molecule has 1 atom stereocenters. The number of aromatic nitrogens is 2. The number of halogens is 1. The molecule has 1 aromatic heterocycles. The van der Waals surface area contributed by atoms with Gasteiger partial charge >= 0.3 is 6.09 Å². The zero-order valence-electron chi connectivity index (χ0n) is 14.0. The van der Waals surface area contributed by atoms with Crippen molar-refractivity contribution in [3.63, 3.8) is 0 Å². The number of benzene rings is 1. The van der Waals surface area contributed by atoms with Crippen molar-refractivity contribution in [3.8, 4) is 0 Å². The summed E-state index contributed by atoms with van der Waals surface area (Å²) in [4.78, 5) is 11.7. The van der Waals surface area contributed by atoms with E-state index in [-0.39, 0.29) is 0 Å². The van der Waals surface area contributed by atoms with Crippen LogP contribution in [0.1, 0.15) is 45.2 Å². The second kappa shape index (κ2) is 7.90. The average molecular weight is 370 g/mol. The minimum atomic E-state index is -0.557. The molecule has 1 unspecified atom stereocenters. The first-order valence-corrected chi connectivity index (χ1v) is 8.79. The molecule has 2 rings (SSSR count). The molecule has 0 aliphatic carbocycles. The topological polar surface area (TPSA) is 77.2 Å². The van der Waals surface area contributed by atoms with Gasteiger partial charge in [-0.1, -0.05) is 35.5 Å². The highest BCUT2D eigenvalue weighted by atomic mass is 35.5. The first kappa shape index (κ1) is 18.6. The summed E-state index contributed by atoms with van der Waals surface area (Å²) in [7, 11) is 0. The van der Waals surface area contributed by atoms with E-state index in [0.717, 1.165) is 5.56 Å². The van der Waals surface area contributed by atoms with E-state index < -0.39 is 17.7 Å². The van der Waals surface area contributed by atoms with Crippen LogP contribution in [0.5, 0.6) is 0 Å². The molecule has 0 saturated carbocycles. The molecule has 1 N–H and O–H groups in total. The Hall–Kier alpha value is -1.73. The van der Waals surface area contributed by atoms with Crippen LogP contribution in [-0.2, 0) is 10.5 Å². The highest BCUT2D eigenvalue weighted by Gasteiger charge is 2.21. The number of alkyl carbamates (subject to hydrolysis) is 1. The number of hydrogen-bond acceptors (Lipinski definition) is 6. The second-order valence-electron chi connectivity index (χ2n) is 6.19. The maximum Gasteiger partial charge on any atom is 0.408 e. The van der Waals surface area contributed by atoms with Crippen molar-refractivity contribution in [2.24, 2.45) is 0 Å². The number of carbonyl (C=O) groups excluding carboxylic acids is 1. The summed E-state index contributed by atoms with van der Waals surface area (Å²) in [5.41, 5.74) is 0.544. The average Bonchev–Trinajstić information content (AvgIpc) is 2.93. The molecule has 0 aliphatic rings. The van der Waals surface area contributed by atoms with Crippen molar-refractivity contribution in [1.82, 2.24) is 15.5 Å². The van der Waals surface area contributed by atoms with Crippen LogP contribution >= 0.6 is 23.4 Å². The number of ether oxygens (including phenoxy) is 1. The van der Waals surface area contributed by atoms with Crippen LogP contribution < -0.4 is 5.32 Å². The van der Waals surface area contributed by atoms with E-state index in [0.29, 0.717) is 21.9 Å². The molecule has 0 fully saturated rings. The Balaban J connectivity index is 1.87. The van der Waals surface area contributed by atoms with Gasteiger partial charge in [-0.25, -0.2) is 4.79 Å². The van der Waals surface area contributed by atoms with Crippen molar-refractivity contribution < 1.29 is 13.9 Å². The van der Waals surface area contributed by atoms with E-state index in [1.165, 1.54) is 11.8 Å². The molecule has 24 heavy (non-hydrogen) atoms. The lowest BCUT2D eigenvalue weighted by molar-refractivity contribution is 0.0500. The number of hydrogen-bond donors (Lipinski definition) is 1. The molecule has 0 bridgehead atoms. The van der Waals surface area contributed by atoms with E-state index in [9.17, 15) is 4.79 Å². The number of rotatable bonds is 5. The Bertz CT molecular complexity index is 683. The van der Waals surface area contributed by atoms with Gasteiger partial charge in [0.15, 0.2) is 0 Å². The Morgan fingerprint density at radius 3 is 2.62 bits per heavy atom. The molecule has 8 heteroatoms. The molecule has 1 amide bonds. The van der Waals surface area contributed by atoms with E-state index >= 15 is 0 Å². The van der Waals surface area contributed by atoms with Crippen LogP contribution in [0.3, 0.4) is 0 Å². The first-order valence-electron chi connectivity index (χ1n) is 7.43. The lowest BCUT2D eigenvalue weighted by Crippen LogP contribution is -2.34. The molecule has 6 nitrogen and oxygen atoms in total.